The standard InChI is InChI=1S/C17H26N4O/c22-17(20-16-13-18-11-12-19-16)21(14-7-3-1-4-8-14)15-9-5-2-6-10-15/h11-15H,1-10H2,(H,19,20,22). The zero-order valence-corrected chi connectivity index (χ0v) is 13.2. The number of anilines is 1. The lowest BCUT2D eigenvalue weighted by Crippen LogP contribution is -2.50. The van der Waals surface area contributed by atoms with E-state index in [1.165, 1.54) is 38.5 Å². The molecule has 2 aliphatic rings. The summed E-state index contributed by atoms with van der Waals surface area (Å²) in [6.07, 6.45) is 17.0. The molecule has 0 aromatic carbocycles. The first-order valence-electron chi connectivity index (χ1n) is 8.70. The second-order valence-electron chi connectivity index (χ2n) is 6.51. The van der Waals surface area contributed by atoms with Gasteiger partial charge in [0.2, 0.25) is 0 Å². The van der Waals surface area contributed by atoms with E-state index in [0.717, 1.165) is 25.7 Å². The highest BCUT2D eigenvalue weighted by Gasteiger charge is 2.32. The Kier molecular flexibility index (Phi) is 5.24. The summed E-state index contributed by atoms with van der Waals surface area (Å²) in [5, 5.41) is 2.95. The lowest BCUT2D eigenvalue weighted by Gasteiger charge is -2.41. The summed E-state index contributed by atoms with van der Waals surface area (Å²) in [5.41, 5.74) is 0. The summed E-state index contributed by atoms with van der Waals surface area (Å²) < 4.78 is 0. The molecule has 0 bridgehead atoms. The summed E-state index contributed by atoms with van der Waals surface area (Å²) in [6, 6.07) is 0.807. The Bertz CT molecular complexity index is 449. The molecule has 120 valence electrons. The second-order valence-corrected chi connectivity index (χ2v) is 6.51. The van der Waals surface area contributed by atoms with Crippen LogP contribution in [0.25, 0.3) is 0 Å². The number of nitrogens with one attached hydrogen (secondary N) is 1. The molecule has 0 aliphatic heterocycles. The van der Waals surface area contributed by atoms with Gasteiger partial charge in [-0.25, -0.2) is 9.78 Å². The van der Waals surface area contributed by atoms with E-state index in [1.807, 2.05) is 0 Å². The van der Waals surface area contributed by atoms with Crippen LogP contribution in [0.3, 0.4) is 0 Å². The molecule has 2 fully saturated rings. The molecule has 0 spiro atoms. The fraction of sp³-hybridized carbons (Fsp3) is 0.706. The topological polar surface area (TPSA) is 58.1 Å². The first kappa shape index (κ1) is 15.3. The van der Waals surface area contributed by atoms with Crippen LogP contribution in [-0.4, -0.2) is 33.0 Å². The smallest absolute Gasteiger partial charge is 0.319 e. The van der Waals surface area contributed by atoms with Gasteiger partial charge >= 0.3 is 6.03 Å². The molecule has 2 aliphatic carbocycles. The molecule has 3 rings (SSSR count). The van der Waals surface area contributed by atoms with Gasteiger partial charge < -0.3 is 4.90 Å². The number of carbonyl (C=O) groups excluding carboxylic acids is 1. The van der Waals surface area contributed by atoms with E-state index in [-0.39, 0.29) is 6.03 Å². The third-order valence-electron chi connectivity index (χ3n) is 4.97. The molecule has 0 radical (unpaired) electrons. The molecule has 1 aromatic heterocycles. The van der Waals surface area contributed by atoms with Crippen LogP contribution in [0, 0.1) is 0 Å². The van der Waals surface area contributed by atoms with E-state index < -0.39 is 0 Å². The van der Waals surface area contributed by atoms with Gasteiger partial charge in [0.15, 0.2) is 5.82 Å². The molecule has 1 heterocycles. The Morgan fingerprint density at radius 1 is 0.955 bits per heavy atom. The molecule has 5 heteroatoms. The Hall–Kier alpha value is -1.65. The number of urea groups is 1. The predicted octanol–water partition coefficient (Wildman–Crippen LogP) is 3.98. The quantitative estimate of drug-likeness (QED) is 0.919. The lowest BCUT2D eigenvalue weighted by molar-refractivity contribution is 0.114. The molecule has 2 saturated carbocycles. The van der Waals surface area contributed by atoms with Crippen LogP contribution in [0.2, 0.25) is 0 Å². The van der Waals surface area contributed by atoms with Gasteiger partial charge in [0, 0.05) is 24.5 Å². The van der Waals surface area contributed by atoms with Crippen molar-refractivity contribution in [2.75, 3.05) is 5.32 Å². The maximum Gasteiger partial charge on any atom is 0.323 e. The first-order chi connectivity index (χ1) is 10.8. The van der Waals surface area contributed by atoms with Gasteiger partial charge in [0.1, 0.15) is 0 Å². The SMILES string of the molecule is O=C(Nc1cnccn1)N(C1CCCCC1)C1CCCCC1. The number of amides is 2. The normalized spacial score (nSPS) is 20.5. The zero-order chi connectivity index (χ0) is 15.2. The van der Waals surface area contributed by atoms with Gasteiger partial charge in [0.05, 0.1) is 6.20 Å². The zero-order valence-electron chi connectivity index (χ0n) is 13.2. The third-order valence-corrected chi connectivity index (χ3v) is 4.97. The number of hydrogen-bond acceptors (Lipinski definition) is 3. The van der Waals surface area contributed by atoms with Crippen LogP contribution in [0.15, 0.2) is 18.6 Å². The fourth-order valence-electron chi connectivity index (χ4n) is 3.89. The van der Waals surface area contributed by atoms with Crippen LogP contribution in [-0.2, 0) is 0 Å². The predicted molar refractivity (Wildman–Crippen MR) is 86.6 cm³/mol. The van der Waals surface area contributed by atoms with Gasteiger partial charge in [-0.2, -0.15) is 0 Å². The Balaban J connectivity index is 1.72. The van der Waals surface area contributed by atoms with Crippen molar-refractivity contribution in [1.29, 1.82) is 0 Å². The summed E-state index contributed by atoms with van der Waals surface area (Å²) in [6.45, 7) is 0. The number of nitrogens with zero attached hydrogens (tertiary/aromatic N) is 3. The lowest BCUT2D eigenvalue weighted by atomic mass is 9.89. The van der Waals surface area contributed by atoms with E-state index in [1.54, 1.807) is 18.6 Å². The van der Waals surface area contributed by atoms with Crippen molar-refractivity contribution in [2.24, 2.45) is 0 Å². The van der Waals surface area contributed by atoms with Crippen molar-refractivity contribution in [3.05, 3.63) is 18.6 Å². The van der Waals surface area contributed by atoms with E-state index in [9.17, 15) is 4.79 Å². The Morgan fingerprint density at radius 3 is 2.05 bits per heavy atom. The molecule has 0 atom stereocenters. The summed E-state index contributed by atoms with van der Waals surface area (Å²) >= 11 is 0. The van der Waals surface area contributed by atoms with Gasteiger partial charge in [-0.15, -0.1) is 0 Å². The molecule has 0 unspecified atom stereocenters. The average molecular weight is 302 g/mol. The number of hydrogen-bond donors (Lipinski definition) is 1. The highest BCUT2D eigenvalue weighted by atomic mass is 16.2. The van der Waals surface area contributed by atoms with E-state index in [2.05, 4.69) is 20.2 Å². The molecular formula is C17H26N4O. The highest BCUT2D eigenvalue weighted by molar-refractivity contribution is 5.88. The Morgan fingerprint density at radius 2 is 1.55 bits per heavy atom. The van der Waals surface area contributed by atoms with Crippen molar-refractivity contribution >= 4 is 11.8 Å². The van der Waals surface area contributed by atoms with Crippen LogP contribution >= 0.6 is 0 Å². The number of rotatable bonds is 3. The van der Waals surface area contributed by atoms with E-state index in [4.69, 9.17) is 0 Å². The van der Waals surface area contributed by atoms with Gasteiger partial charge in [-0.3, -0.25) is 10.3 Å². The monoisotopic (exact) mass is 302 g/mol. The minimum absolute atomic E-state index is 0.0132. The highest BCUT2D eigenvalue weighted by Crippen LogP contribution is 2.30. The van der Waals surface area contributed by atoms with Crippen molar-refractivity contribution in [1.82, 2.24) is 14.9 Å². The minimum atomic E-state index is 0.0132. The van der Waals surface area contributed by atoms with Crippen molar-refractivity contribution < 1.29 is 4.79 Å². The molecule has 1 aromatic rings. The van der Waals surface area contributed by atoms with Crippen molar-refractivity contribution in [3.63, 3.8) is 0 Å². The second kappa shape index (κ2) is 7.56. The summed E-state index contributed by atoms with van der Waals surface area (Å²) in [7, 11) is 0. The molecule has 1 N–H and O–H groups in total. The van der Waals surface area contributed by atoms with Crippen LogP contribution < -0.4 is 5.32 Å². The van der Waals surface area contributed by atoms with Crippen LogP contribution in [0.1, 0.15) is 64.2 Å². The molecular weight excluding hydrogens is 276 g/mol. The van der Waals surface area contributed by atoms with Crippen molar-refractivity contribution in [2.45, 2.75) is 76.3 Å². The van der Waals surface area contributed by atoms with Crippen LogP contribution in [0.4, 0.5) is 10.6 Å². The maximum absolute atomic E-state index is 12.9. The first-order valence-corrected chi connectivity index (χ1v) is 8.70. The molecule has 22 heavy (non-hydrogen) atoms. The number of carbonyl (C=O) groups is 1. The van der Waals surface area contributed by atoms with Gasteiger partial charge in [-0.1, -0.05) is 38.5 Å². The minimum Gasteiger partial charge on any atom is -0.319 e. The van der Waals surface area contributed by atoms with Crippen molar-refractivity contribution in [3.8, 4) is 0 Å². The third kappa shape index (κ3) is 3.76. The van der Waals surface area contributed by atoms with Crippen LogP contribution in [0.5, 0.6) is 0 Å². The summed E-state index contributed by atoms with van der Waals surface area (Å²) in [4.78, 5) is 23.2. The van der Waals surface area contributed by atoms with Gasteiger partial charge in [0.25, 0.3) is 0 Å². The van der Waals surface area contributed by atoms with Gasteiger partial charge in [-0.05, 0) is 25.7 Å². The fourth-order valence-corrected chi connectivity index (χ4v) is 3.89. The largest absolute Gasteiger partial charge is 0.323 e. The molecule has 0 saturated heterocycles. The Labute approximate surface area is 132 Å². The number of aromatic nitrogens is 2. The van der Waals surface area contributed by atoms with E-state index >= 15 is 0 Å². The summed E-state index contributed by atoms with van der Waals surface area (Å²) in [5.74, 6) is 0.545. The van der Waals surface area contributed by atoms with E-state index in [0.29, 0.717) is 17.9 Å². The molecule has 5 nitrogen and oxygen atoms in total. The average Bonchev–Trinajstić information content (AvgIpc) is 2.58. The molecule has 2 amide bonds. The maximum atomic E-state index is 12.9.